The fourth-order valence-electron chi connectivity index (χ4n) is 1.54. The number of nitrogen functional groups attached to an aromatic ring is 1. The molecule has 0 amide bonds. The number of benzene rings is 1. The lowest BCUT2D eigenvalue weighted by atomic mass is 10.1. The van der Waals surface area contributed by atoms with Crippen LogP contribution in [0.1, 0.15) is 5.56 Å². The number of nitrogens with two attached hydrogens (primary N) is 1. The van der Waals surface area contributed by atoms with E-state index in [1.807, 2.05) is 30.5 Å². The van der Waals surface area contributed by atoms with E-state index in [0.717, 1.165) is 22.6 Å². The molecular weight excluding hydrogens is 208 g/mol. The van der Waals surface area contributed by atoms with Gasteiger partial charge in [0.05, 0.1) is 12.8 Å². The molecule has 15 heavy (non-hydrogen) atoms. The zero-order valence-electron chi connectivity index (χ0n) is 8.65. The predicted molar refractivity (Wildman–Crippen MR) is 63.3 cm³/mol. The fourth-order valence-corrected chi connectivity index (χ4v) is 2.10. The van der Waals surface area contributed by atoms with Crippen LogP contribution in [0.15, 0.2) is 23.6 Å². The molecule has 0 bridgehead atoms. The number of rotatable bonds is 2. The number of nitrogens with zero attached hydrogens (tertiary/aromatic N) is 1. The maximum absolute atomic E-state index is 5.62. The second-order valence-corrected chi connectivity index (χ2v) is 4.11. The predicted octanol–water partition coefficient (Wildman–Crippen LogP) is 2.71. The minimum atomic E-state index is 0.579. The summed E-state index contributed by atoms with van der Waals surface area (Å²) in [5.74, 6) is 0.834. The van der Waals surface area contributed by atoms with E-state index in [4.69, 9.17) is 10.5 Å². The van der Waals surface area contributed by atoms with Gasteiger partial charge in [-0.3, -0.25) is 0 Å². The largest absolute Gasteiger partial charge is 0.496 e. The summed E-state index contributed by atoms with van der Waals surface area (Å²) in [5.41, 5.74) is 8.67. The summed E-state index contributed by atoms with van der Waals surface area (Å²) in [5, 5.41) is 2.52. The lowest BCUT2D eigenvalue weighted by molar-refractivity contribution is 0.416. The molecule has 0 saturated carbocycles. The van der Waals surface area contributed by atoms with Crippen LogP contribution in [0, 0.1) is 6.92 Å². The van der Waals surface area contributed by atoms with Crippen LogP contribution in [-0.4, -0.2) is 12.1 Å². The Morgan fingerprint density at radius 1 is 1.40 bits per heavy atom. The van der Waals surface area contributed by atoms with Crippen LogP contribution >= 0.6 is 11.3 Å². The van der Waals surface area contributed by atoms with Gasteiger partial charge in [-0.2, -0.15) is 0 Å². The number of methoxy groups -OCH3 is 1. The maximum Gasteiger partial charge on any atom is 0.180 e. The first-order valence-corrected chi connectivity index (χ1v) is 5.45. The van der Waals surface area contributed by atoms with Crippen LogP contribution in [0.25, 0.3) is 11.3 Å². The molecule has 0 unspecified atom stereocenters. The van der Waals surface area contributed by atoms with Gasteiger partial charge in [-0.05, 0) is 18.6 Å². The Hall–Kier alpha value is -1.55. The number of hydrogen-bond acceptors (Lipinski definition) is 4. The van der Waals surface area contributed by atoms with Crippen LogP contribution in [0.4, 0.5) is 5.13 Å². The molecule has 0 aliphatic carbocycles. The Labute approximate surface area is 92.5 Å². The molecule has 0 aliphatic heterocycles. The van der Waals surface area contributed by atoms with Crippen LogP contribution in [0.5, 0.6) is 5.75 Å². The number of anilines is 1. The fraction of sp³-hybridized carbons (Fsp3) is 0.182. The van der Waals surface area contributed by atoms with E-state index >= 15 is 0 Å². The molecule has 0 fully saturated rings. The monoisotopic (exact) mass is 220 g/mol. The molecule has 1 aromatic heterocycles. The lowest BCUT2D eigenvalue weighted by Crippen LogP contribution is -1.91. The van der Waals surface area contributed by atoms with Crippen molar-refractivity contribution in [3.05, 3.63) is 29.1 Å². The Morgan fingerprint density at radius 3 is 2.80 bits per heavy atom. The molecular formula is C11H12N2OS. The molecule has 4 heteroatoms. The third kappa shape index (κ3) is 1.80. The summed E-state index contributed by atoms with van der Waals surface area (Å²) in [4.78, 5) is 4.27. The average molecular weight is 220 g/mol. The molecule has 0 spiro atoms. The van der Waals surface area contributed by atoms with E-state index in [9.17, 15) is 0 Å². The summed E-state index contributed by atoms with van der Waals surface area (Å²) in [7, 11) is 1.66. The van der Waals surface area contributed by atoms with Gasteiger partial charge < -0.3 is 10.5 Å². The summed E-state index contributed by atoms with van der Waals surface area (Å²) in [6.45, 7) is 2.04. The van der Waals surface area contributed by atoms with Crippen molar-refractivity contribution in [3.63, 3.8) is 0 Å². The summed E-state index contributed by atoms with van der Waals surface area (Å²) in [6, 6.07) is 5.93. The standard InChI is InChI=1S/C11H12N2OS/c1-7-4-3-5-9(14-2)10(7)8-6-15-11(12)13-8/h3-6H,1-2H3,(H2,12,13). The Kier molecular flexibility index (Phi) is 2.60. The summed E-state index contributed by atoms with van der Waals surface area (Å²) in [6.07, 6.45) is 0. The minimum absolute atomic E-state index is 0.579. The smallest absolute Gasteiger partial charge is 0.180 e. The zero-order chi connectivity index (χ0) is 10.8. The number of aryl methyl sites for hydroxylation is 1. The molecule has 2 aromatic rings. The molecule has 0 saturated heterocycles. The van der Waals surface area contributed by atoms with Crippen molar-refractivity contribution in [1.82, 2.24) is 4.98 Å². The van der Waals surface area contributed by atoms with Crippen molar-refractivity contribution in [1.29, 1.82) is 0 Å². The van der Waals surface area contributed by atoms with Crippen molar-refractivity contribution >= 4 is 16.5 Å². The molecule has 1 heterocycles. The van der Waals surface area contributed by atoms with Gasteiger partial charge >= 0.3 is 0 Å². The van der Waals surface area contributed by atoms with Crippen molar-refractivity contribution in [2.45, 2.75) is 6.92 Å². The van der Waals surface area contributed by atoms with Crippen molar-refractivity contribution in [2.75, 3.05) is 12.8 Å². The van der Waals surface area contributed by atoms with Crippen molar-refractivity contribution in [3.8, 4) is 17.0 Å². The van der Waals surface area contributed by atoms with Gasteiger partial charge in [0.15, 0.2) is 5.13 Å². The maximum atomic E-state index is 5.62. The van der Waals surface area contributed by atoms with Crippen LogP contribution in [0.3, 0.4) is 0 Å². The molecule has 3 nitrogen and oxygen atoms in total. The number of aromatic nitrogens is 1. The van der Waals surface area contributed by atoms with E-state index in [1.165, 1.54) is 11.3 Å². The SMILES string of the molecule is COc1cccc(C)c1-c1csc(N)n1. The van der Waals surface area contributed by atoms with E-state index in [2.05, 4.69) is 4.98 Å². The number of hydrogen-bond donors (Lipinski definition) is 1. The highest BCUT2D eigenvalue weighted by molar-refractivity contribution is 7.13. The Balaban J connectivity index is 2.60. The third-order valence-corrected chi connectivity index (χ3v) is 2.91. The second-order valence-electron chi connectivity index (χ2n) is 3.22. The highest BCUT2D eigenvalue weighted by atomic mass is 32.1. The summed E-state index contributed by atoms with van der Waals surface area (Å²) < 4.78 is 5.31. The molecule has 0 radical (unpaired) electrons. The van der Waals surface area contributed by atoms with E-state index in [1.54, 1.807) is 7.11 Å². The van der Waals surface area contributed by atoms with Gasteiger partial charge in [-0.1, -0.05) is 12.1 Å². The lowest BCUT2D eigenvalue weighted by Gasteiger charge is -2.08. The molecule has 2 rings (SSSR count). The van der Waals surface area contributed by atoms with Crippen LogP contribution < -0.4 is 10.5 Å². The molecule has 0 aliphatic rings. The molecule has 0 atom stereocenters. The van der Waals surface area contributed by atoms with Crippen molar-refractivity contribution in [2.24, 2.45) is 0 Å². The van der Waals surface area contributed by atoms with E-state index in [-0.39, 0.29) is 0 Å². The van der Waals surface area contributed by atoms with Gasteiger partial charge in [0, 0.05) is 10.9 Å². The molecule has 78 valence electrons. The third-order valence-electron chi connectivity index (χ3n) is 2.23. The first kappa shape index (κ1) is 9.98. The normalized spacial score (nSPS) is 10.3. The quantitative estimate of drug-likeness (QED) is 0.846. The average Bonchev–Trinajstić information content (AvgIpc) is 2.64. The molecule has 2 N–H and O–H groups in total. The number of ether oxygens (including phenoxy) is 1. The van der Waals surface area contributed by atoms with Gasteiger partial charge in [-0.15, -0.1) is 11.3 Å². The highest BCUT2D eigenvalue weighted by Gasteiger charge is 2.11. The van der Waals surface area contributed by atoms with Gasteiger partial charge in [0.1, 0.15) is 5.75 Å². The van der Waals surface area contributed by atoms with Gasteiger partial charge in [0.2, 0.25) is 0 Å². The molecule has 1 aromatic carbocycles. The van der Waals surface area contributed by atoms with Crippen LogP contribution in [-0.2, 0) is 0 Å². The summed E-state index contributed by atoms with van der Waals surface area (Å²) >= 11 is 1.44. The van der Waals surface area contributed by atoms with Crippen LogP contribution in [0.2, 0.25) is 0 Å². The number of thiazole rings is 1. The Bertz CT molecular complexity index is 479. The van der Waals surface area contributed by atoms with Gasteiger partial charge in [-0.25, -0.2) is 4.98 Å². The first-order valence-electron chi connectivity index (χ1n) is 4.57. The topological polar surface area (TPSA) is 48.1 Å². The van der Waals surface area contributed by atoms with E-state index in [0.29, 0.717) is 5.13 Å². The van der Waals surface area contributed by atoms with E-state index < -0.39 is 0 Å². The Morgan fingerprint density at radius 2 is 2.20 bits per heavy atom. The zero-order valence-corrected chi connectivity index (χ0v) is 9.47. The second kappa shape index (κ2) is 3.90. The first-order chi connectivity index (χ1) is 7.22. The highest BCUT2D eigenvalue weighted by Crippen LogP contribution is 2.33. The van der Waals surface area contributed by atoms with Crippen molar-refractivity contribution < 1.29 is 4.74 Å². The van der Waals surface area contributed by atoms with Gasteiger partial charge in [0.25, 0.3) is 0 Å². The minimum Gasteiger partial charge on any atom is -0.496 e.